The summed E-state index contributed by atoms with van der Waals surface area (Å²) >= 11 is 0. The zero-order valence-electron chi connectivity index (χ0n) is 13.3. The molecule has 3 N–H and O–H groups in total. The predicted octanol–water partition coefficient (Wildman–Crippen LogP) is 2.00. The summed E-state index contributed by atoms with van der Waals surface area (Å²) in [6.07, 6.45) is 1.18. The van der Waals surface area contributed by atoms with Crippen LogP contribution in [0.4, 0.5) is 5.69 Å². The average Bonchev–Trinajstić information content (AvgIpc) is 2.90. The van der Waals surface area contributed by atoms with E-state index in [1.165, 1.54) is 6.42 Å². The van der Waals surface area contributed by atoms with Crippen molar-refractivity contribution in [3.8, 4) is 11.5 Å². The van der Waals surface area contributed by atoms with Crippen LogP contribution in [0, 0.1) is 5.92 Å². The molecule has 1 unspecified atom stereocenters. The number of ether oxygens (including phenoxy) is 2. The molecule has 0 aromatic heterocycles. The summed E-state index contributed by atoms with van der Waals surface area (Å²) in [5.74, 6) is 2.43. The van der Waals surface area contributed by atoms with E-state index in [-0.39, 0.29) is 24.0 Å². The number of hydrogen-bond donors (Lipinski definition) is 2. The first kappa shape index (κ1) is 18.8. The summed E-state index contributed by atoms with van der Waals surface area (Å²) < 4.78 is 10.5. The summed E-state index contributed by atoms with van der Waals surface area (Å²) in [6, 6.07) is 5.51. The van der Waals surface area contributed by atoms with Gasteiger partial charge in [0.1, 0.15) is 11.5 Å². The Morgan fingerprint density at radius 2 is 2.18 bits per heavy atom. The Labute approximate surface area is 149 Å². The monoisotopic (exact) mass is 420 g/mol. The minimum atomic E-state index is 0. The molecule has 0 spiro atoms. The van der Waals surface area contributed by atoms with E-state index in [1.54, 1.807) is 14.2 Å². The smallest absolute Gasteiger partial charge is 0.193 e. The van der Waals surface area contributed by atoms with E-state index >= 15 is 0 Å². The normalized spacial score (nSPS) is 18.7. The SMILES string of the molecule is COc1ccc(OC)c(NC(N)=NCC2CCN(C)C2)c1.I. The Hall–Kier alpha value is -1.22. The molecule has 1 aliphatic heterocycles. The van der Waals surface area contributed by atoms with Crippen LogP contribution < -0.4 is 20.5 Å². The quantitative estimate of drug-likeness (QED) is 0.433. The van der Waals surface area contributed by atoms with Crippen LogP contribution in [0.15, 0.2) is 23.2 Å². The maximum atomic E-state index is 5.96. The number of methoxy groups -OCH3 is 2. The first-order valence-electron chi connectivity index (χ1n) is 7.10. The van der Waals surface area contributed by atoms with Gasteiger partial charge < -0.3 is 25.4 Å². The third kappa shape index (κ3) is 5.20. The number of likely N-dealkylation sites (tertiary alicyclic amines) is 1. The molecule has 0 aliphatic carbocycles. The molecule has 1 aliphatic rings. The lowest BCUT2D eigenvalue weighted by molar-refractivity contribution is 0.397. The van der Waals surface area contributed by atoms with Gasteiger partial charge in [0.25, 0.3) is 0 Å². The second-order valence-corrected chi connectivity index (χ2v) is 5.33. The molecule has 1 aromatic rings. The summed E-state index contributed by atoms with van der Waals surface area (Å²) in [4.78, 5) is 6.74. The van der Waals surface area contributed by atoms with Gasteiger partial charge in [-0.25, -0.2) is 0 Å². The molecule has 22 heavy (non-hydrogen) atoms. The van der Waals surface area contributed by atoms with E-state index < -0.39 is 0 Å². The number of halogens is 1. The number of nitrogens with zero attached hydrogens (tertiary/aromatic N) is 2. The van der Waals surface area contributed by atoms with Crippen molar-refractivity contribution in [2.45, 2.75) is 6.42 Å². The average molecular weight is 420 g/mol. The van der Waals surface area contributed by atoms with Crippen LogP contribution in [0.1, 0.15) is 6.42 Å². The highest BCUT2D eigenvalue weighted by Crippen LogP contribution is 2.28. The third-order valence-electron chi connectivity index (χ3n) is 3.68. The second kappa shape index (κ2) is 9.04. The molecular weight excluding hydrogens is 395 g/mol. The maximum absolute atomic E-state index is 5.96. The lowest BCUT2D eigenvalue weighted by atomic mass is 10.1. The first-order valence-corrected chi connectivity index (χ1v) is 7.10. The van der Waals surface area contributed by atoms with Crippen molar-refractivity contribution in [2.24, 2.45) is 16.6 Å². The van der Waals surface area contributed by atoms with Crippen molar-refractivity contribution in [3.05, 3.63) is 18.2 Å². The fourth-order valence-electron chi connectivity index (χ4n) is 2.49. The largest absolute Gasteiger partial charge is 0.497 e. The molecule has 1 heterocycles. The molecule has 0 amide bonds. The highest BCUT2D eigenvalue weighted by Gasteiger charge is 2.18. The van der Waals surface area contributed by atoms with Crippen LogP contribution in [0.2, 0.25) is 0 Å². The number of nitrogens with one attached hydrogen (secondary N) is 1. The topological polar surface area (TPSA) is 72.1 Å². The van der Waals surface area contributed by atoms with E-state index in [0.29, 0.717) is 17.6 Å². The van der Waals surface area contributed by atoms with Gasteiger partial charge in [0.2, 0.25) is 0 Å². The van der Waals surface area contributed by atoms with Gasteiger partial charge in [0.05, 0.1) is 19.9 Å². The van der Waals surface area contributed by atoms with Gasteiger partial charge in [-0.1, -0.05) is 0 Å². The Morgan fingerprint density at radius 3 is 2.77 bits per heavy atom. The number of rotatable bonds is 5. The van der Waals surface area contributed by atoms with Crippen molar-refractivity contribution in [1.29, 1.82) is 0 Å². The summed E-state index contributed by atoms with van der Waals surface area (Å²) in [6.45, 7) is 2.96. The lowest BCUT2D eigenvalue weighted by Gasteiger charge is -2.13. The van der Waals surface area contributed by atoms with Crippen molar-refractivity contribution >= 4 is 35.6 Å². The molecule has 2 rings (SSSR count). The lowest BCUT2D eigenvalue weighted by Crippen LogP contribution is -2.24. The number of benzene rings is 1. The van der Waals surface area contributed by atoms with Crippen LogP contribution in [0.3, 0.4) is 0 Å². The van der Waals surface area contributed by atoms with E-state index in [0.717, 1.165) is 31.1 Å². The maximum Gasteiger partial charge on any atom is 0.193 e. The molecule has 1 aromatic carbocycles. The van der Waals surface area contributed by atoms with Gasteiger partial charge >= 0.3 is 0 Å². The van der Waals surface area contributed by atoms with Gasteiger partial charge in [-0.05, 0) is 38.1 Å². The second-order valence-electron chi connectivity index (χ2n) is 5.33. The molecule has 7 heteroatoms. The molecule has 6 nitrogen and oxygen atoms in total. The zero-order chi connectivity index (χ0) is 15.2. The molecule has 0 saturated carbocycles. The predicted molar refractivity (Wildman–Crippen MR) is 101 cm³/mol. The fraction of sp³-hybridized carbons (Fsp3) is 0.533. The molecule has 1 saturated heterocycles. The Morgan fingerprint density at radius 1 is 1.41 bits per heavy atom. The van der Waals surface area contributed by atoms with Crippen LogP contribution in [-0.4, -0.2) is 51.8 Å². The standard InChI is InChI=1S/C15H24N4O2.HI/c1-19-7-6-11(10-19)9-17-15(16)18-13-8-12(20-2)4-5-14(13)21-3;/h4-5,8,11H,6-7,9-10H2,1-3H3,(H3,16,17,18);1H. The molecule has 1 atom stereocenters. The van der Waals surface area contributed by atoms with E-state index in [9.17, 15) is 0 Å². The highest BCUT2D eigenvalue weighted by molar-refractivity contribution is 14.0. The molecule has 0 radical (unpaired) electrons. The van der Waals surface area contributed by atoms with Crippen molar-refractivity contribution in [1.82, 2.24) is 4.90 Å². The summed E-state index contributed by atoms with van der Waals surface area (Å²) in [5.41, 5.74) is 6.71. The van der Waals surface area contributed by atoms with E-state index in [4.69, 9.17) is 15.2 Å². The molecule has 1 fully saturated rings. The number of hydrogen-bond acceptors (Lipinski definition) is 4. The summed E-state index contributed by atoms with van der Waals surface area (Å²) in [5, 5.41) is 3.08. The van der Waals surface area contributed by atoms with Gasteiger partial charge in [-0.2, -0.15) is 0 Å². The van der Waals surface area contributed by atoms with Crippen molar-refractivity contribution < 1.29 is 9.47 Å². The van der Waals surface area contributed by atoms with Crippen LogP contribution in [0.5, 0.6) is 11.5 Å². The van der Waals surface area contributed by atoms with Crippen molar-refractivity contribution in [3.63, 3.8) is 0 Å². The fourth-order valence-corrected chi connectivity index (χ4v) is 2.49. The van der Waals surface area contributed by atoms with Crippen molar-refractivity contribution in [2.75, 3.05) is 46.2 Å². The Bertz CT molecular complexity index is 510. The van der Waals surface area contributed by atoms with Crippen LogP contribution >= 0.6 is 24.0 Å². The van der Waals surface area contributed by atoms with Gasteiger partial charge in [0, 0.05) is 19.2 Å². The van der Waals surface area contributed by atoms with Gasteiger partial charge in [0.15, 0.2) is 5.96 Å². The number of aliphatic imine (C=N–C) groups is 1. The van der Waals surface area contributed by atoms with Crippen LogP contribution in [0.25, 0.3) is 0 Å². The summed E-state index contributed by atoms with van der Waals surface area (Å²) in [7, 11) is 5.38. The molecular formula is C15H25IN4O2. The Kier molecular flexibility index (Phi) is 7.74. The Balaban J connectivity index is 0.00000242. The number of anilines is 1. The number of guanidine groups is 1. The number of nitrogens with two attached hydrogens (primary N) is 1. The third-order valence-corrected chi connectivity index (χ3v) is 3.68. The van der Waals surface area contributed by atoms with Gasteiger partial charge in [-0.3, -0.25) is 4.99 Å². The molecule has 0 bridgehead atoms. The van der Waals surface area contributed by atoms with E-state index in [2.05, 4.69) is 22.3 Å². The highest BCUT2D eigenvalue weighted by atomic mass is 127. The zero-order valence-corrected chi connectivity index (χ0v) is 15.7. The van der Waals surface area contributed by atoms with Gasteiger partial charge in [-0.15, -0.1) is 24.0 Å². The van der Waals surface area contributed by atoms with E-state index in [1.807, 2.05) is 18.2 Å². The minimum Gasteiger partial charge on any atom is -0.497 e. The minimum absolute atomic E-state index is 0. The first-order chi connectivity index (χ1) is 10.1. The van der Waals surface area contributed by atoms with Crippen LogP contribution in [-0.2, 0) is 0 Å². The molecule has 124 valence electrons.